The molecule has 2 N–H and O–H groups in total. The third kappa shape index (κ3) is 1.28. The van der Waals surface area contributed by atoms with Crippen LogP contribution in [0, 0.1) is 0 Å². The first kappa shape index (κ1) is 8.43. The van der Waals surface area contributed by atoms with Gasteiger partial charge in [-0.1, -0.05) is 6.07 Å². The van der Waals surface area contributed by atoms with Crippen molar-refractivity contribution in [2.45, 2.75) is 0 Å². The van der Waals surface area contributed by atoms with E-state index < -0.39 is 0 Å². The highest BCUT2D eigenvalue weighted by Crippen LogP contribution is 2.22. The molecular weight excluding hydrogens is 208 g/mol. The zero-order valence-electron chi connectivity index (χ0n) is 7.79. The summed E-state index contributed by atoms with van der Waals surface area (Å²) in [5, 5.41) is 6.36. The molecule has 0 aliphatic carbocycles. The van der Waals surface area contributed by atoms with Crippen LogP contribution in [0.25, 0.3) is 16.3 Å². The molecule has 0 aliphatic rings. The number of pyridine rings is 1. The lowest BCUT2D eigenvalue weighted by Gasteiger charge is -1.92. The Morgan fingerprint density at radius 2 is 2.20 bits per heavy atom. The monoisotopic (exact) mass is 216 g/mol. The Labute approximate surface area is 90.0 Å². The van der Waals surface area contributed by atoms with Crippen molar-refractivity contribution in [3.63, 3.8) is 0 Å². The highest BCUT2D eigenvalue weighted by atomic mass is 32.1. The molecule has 0 unspecified atom stereocenters. The summed E-state index contributed by atoms with van der Waals surface area (Å²) in [7, 11) is 0. The second-order valence-electron chi connectivity index (χ2n) is 3.14. The van der Waals surface area contributed by atoms with Crippen LogP contribution in [0.1, 0.15) is 0 Å². The molecule has 0 atom stereocenters. The van der Waals surface area contributed by atoms with Gasteiger partial charge in [-0.25, -0.2) is 9.50 Å². The van der Waals surface area contributed by atoms with Crippen molar-refractivity contribution in [3.8, 4) is 10.7 Å². The van der Waals surface area contributed by atoms with Gasteiger partial charge in [0, 0.05) is 6.20 Å². The van der Waals surface area contributed by atoms with Crippen LogP contribution in [0.5, 0.6) is 0 Å². The maximum Gasteiger partial charge on any atom is 0.192 e. The standard InChI is InChI=1S/C10H8N4S/c11-7-3-1-5-14-10(7)12-9(13-14)8-4-2-6-15-8/h1-6H,11H2. The van der Waals surface area contributed by atoms with Gasteiger partial charge in [-0.05, 0) is 23.6 Å². The number of fused-ring (bicyclic) bond motifs is 1. The Morgan fingerprint density at radius 1 is 1.27 bits per heavy atom. The number of nitrogens with zero attached hydrogens (tertiary/aromatic N) is 3. The third-order valence-electron chi connectivity index (χ3n) is 2.13. The lowest BCUT2D eigenvalue weighted by atomic mass is 10.4. The molecule has 0 amide bonds. The predicted molar refractivity (Wildman–Crippen MR) is 60.7 cm³/mol. The van der Waals surface area contributed by atoms with Crippen molar-refractivity contribution >= 4 is 22.7 Å². The van der Waals surface area contributed by atoms with Crippen LogP contribution in [0.15, 0.2) is 35.8 Å². The molecule has 0 aromatic carbocycles. The topological polar surface area (TPSA) is 56.2 Å². The zero-order valence-corrected chi connectivity index (χ0v) is 8.61. The lowest BCUT2D eigenvalue weighted by Crippen LogP contribution is -1.92. The van der Waals surface area contributed by atoms with Crippen molar-refractivity contribution < 1.29 is 0 Å². The molecule has 5 heteroatoms. The van der Waals surface area contributed by atoms with Gasteiger partial charge in [0.05, 0.1) is 10.6 Å². The van der Waals surface area contributed by atoms with E-state index in [-0.39, 0.29) is 0 Å². The van der Waals surface area contributed by atoms with E-state index in [4.69, 9.17) is 5.73 Å². The van der Waals surface area contributed by atoms with Crippen molar-refractivity contribution in [1.29, 1.82) is 0 Å². The molecule has 4 nitrogen and oxygen atoms in total. The minimum Gasteiger partial charge on any atom is -0.396 e. The molecule has 3 rings (SSSR count). The molecule has 15 heavy (non-hydrogen) atoms. The van der Waals surface area contributed by atoms with E-state index in [0.29, 0.717) is 11.3 Å². The van der Waals surface area contributed by atoms with Crippen molar-refractivity contribution in [1.82, 2.24) is 14.6 Å². The highest BCUT2D eigenvalue weighted by molar-refractivity contribution is 7.13. The van der Waals surface area contributed by atoms with Gasteiger partial charge in [0.15, 0.2) is 11.5 Å². The molecule has 3 aromatic heterocycles. The Bertz CT molecular complexity index is 597. The number of nitrogens with two attached hydrogens (primary N) is 1. The predicted octanol–water partition coefficient (Wildman–Crippen LogP) is 2.04. The van der Waals surface area contributed by atoms with Gasteiger partial charge < -0.3 is 5.73 Å². The summed E-state index contributed by atoms with van der Waals surface area (Å²) in [6, 6.07) is 7.65. The summed E-state index contributed by atoms with van der Waals surface area (Å²) < 4.78 is 1.70. The maximum absolute atomic E-state index is 5.80. The van der Waals surface area contributed by atoms with Gasteiger partial charge in [-0.3, -0.25) is 0 Å². The maximum atomic E-state index is 5.80. The minimum atomic E-state index is 0.646. The van der Waals surface area contributed by atoms with Gasteiger partial charge in [0.1, 0.15) is 0 Å². The smallest absolute Gasteiger partial charge is 0.192 e. The molecule has 0 saturated carbocycles. The van der Waals surface area contributed by atoms with E-state index >= 15 is 0 Å². The number of aromatic nitrogens is 3. The minimum absolute atomic E-state index is 0.646. The first-order valence-electron chi connectivity index (χ1n) is 4.49. The van der Waals surface area contributed by atoms with E-state index in [0.717, 1.165) is 10.7 Å². The van der Waals surface area contributed by atoms with Crippen LogP contribution >= 0.6 is 11.3 Å². The van der Waals surface area contributed by atoms with Gasteiger partial charge in [0.2, 0.25) is 0 Å². The average Bonchev–Trinajstić information content (AvgIpc) is 2.86. The van der Waals surface area contributed by atoms with Gasteiger partial charge in [0.25, 0.3) is 0 Å². The number of hydrogen-bond donors (Lipinski definition) is 1. The average molecular weight is 216 g/mol. The molecule has 3 aromatic rings. The summed E-state index contributed by atoms with van der Waals surface area (Å²) in [5.41, 5.74) is 7.16. The highest BCUT2D eigenvalue weighted by Gasteiger charge is 2.08. The van der Waals surface area contributed by atoms with E-state index in [1.54, 1.807) is 15.9 Å². The molecule has 3 heterocycles. The molecule has 0 saturated heterocycles. The van der Waals surface area contributed by atoms with Gasteiger partial charge in [-0.2, -0.15) is 0 Å². The molecule has 0 fully saturated rings. The normalized spacial score (nSPS) is 10.9. The first-order valence-corrected chi connectivity index (χ1v) is 5.37. The largest absolute Gasteiger partial charge is 0.396 e. The first-order chi connectivity index (χ1) is 7.34. The number of anilines is 1. The van der Waals surface area contributed by atoms with Crippen LogP contribution in [0.4, 0.5) is 5.69 Å². The Balaban J connectivity index is 2.27. The molecule has 74 valence electrons. The van der Waals surface area contributed by atoms with Gasteiger partial charge >= 0.3 is 0 Å². The van der Waals surface area contributed by atoms with E-state index in [1.165, 1.54) is 0 Å². The number of thiophene rings is 1. The molecule has 0 bridgehead atoms. The fourth-order valence-electron chi connectivity index (χ4n) is 1.44. The zero-order chi connectivity index (χ0) is 10.3. The van der Waals surface area contributed by atoms with Gasteiger partial charge in [-0.15, -0.1) is 16.4 Å². The van der Waals surface area contributed by atoms with Crippen LogP contribution in [0.3, 0.4) is 0 Å². The summed E-state index contributed by atoms with van der Waals surface area (Å²) in [5.74, 6) is 0.725. The molecule has 0 spiro atoms. The molecule has 0 aliphatic heterocycles. The summed E-state index contributed by atoms with van der Waals surface area (Å²) in [6.45, 7) is 0. The van der Waals surface area contributed by atoms with Crippen molar-refractivity contribution in [3.05, 3.63) is 35.8 Å². The van der Waals surface area contributed by atoms with E-state index in [1.807, 2.05) is 35.8 Å². The van der Waals surface area contributed by atoms with Crippen molar-refractivity contribution in [2.75, 3.05) is 5.73 Å². The molecular formula is C10H8N4S. The van der Waals surface area contributed by atoms with Crippen LogP contribution in [0.2, 0.25) is 0 Å². The Kier molecular flexibility index (Phi) is 1.72. The molecule has 0 radical (unpaired) electrons. The summed E-state index contributed by atoms with van der Waals surface area (Å²) in [4.78, 5) is 5.45. The van der Waals surface area contributed by atoms with Crippen LogP contribution in [-0.4, -0.2) is 14.6 Å². The van der Waals surface area contributed by atoms with Crippen molar-refractivity contribution in [2.24, 2.45) is 0 Å². The van der Waals surface area contributed by atoms with Crippen LogP contribution in [-0.2, 0) is 0 Å². The Hall–Kier alpha value is -1.88. The van der Waals surface area contributed by atoms with Crippen LogP contribution < -0.4 is 5.73 Å². The number of nitrogen functional groups attached to an aromatic ring is 1. The fourth-order valence-corrected chi connectivity index (χ4v) is 2.09. The summed E-state index contributed by atoms with van der Waals surface area (Å²) in [6.07, 6.45) is 1.84. The fraction of sp³-hybridized carbons (Fsp3) is 0. The quantitative estimate of drug-likeness (QED) is 0.677. The second-order valence-corrected chi connectivity index (χ2v) is 4.09. The van der Waals surface area contributed by atoms with E-state index in [9.17, 15) is 0 Å². The number of rotatable bonds is 1. The number of hydrogen-bond acceptors (Lipinski definition) is 4. The SMILES string of the molecule is Nc1cccn2nc(-c3cccs3)nc12. The van der Waals surface area contributed by atoms with E-state index in [2.05, 4.69) is 10.1 Å². The lowest BCUT2D eigenvalue weighted by molar-refractivity contribution is 0.968. The second kappa shape index (κ2) is 3.06. The Morgan fingerprint density at radius 3 is 2.93 bits per heavy atom. The third-order valence-corrected chi connectivity index (χ3v) is 3.00. The summed E-state index contributed by atoms with van der Waals surface area (Å²) >= 11 is 1.62.